The second-order valence-corrected chi connectivity index (χ2v) is 4.96. The third kappa shape index (κ3) is 4.28. The molecule has 1 N–H and O–H groups in total. The van der Waals surface area contributed by atoms with Crippen molar-refractivity contribution in [3.05, 3.63) is 35.4 Å². The van der Waals surface area contributed by atoms with Gasteiger partial charge in [-0.25, -0.2) is 8.78 Å². The van der Waals surface area contributed by atoms with E-state index in [2.05, 4.69) is 5.32 Å². The van der Waals surface area contributed by atoms with Crippen LogP contribution < -0.4 is 5.32 Å². The second-order valence-electron chi connectivity index (χ2n) is 4.96. The number of nitrogens with one attached hydrogen (secondary N) is 1. The molecule has 3 nitrogen and oxygen atoms in total. The van der Waals surface area contributed by atoms with Crippen molar-refractivity contribution in [3.63, 3.8) is 0 Å². The van der Waals surface area contributed by atoms with Crippen LogP contribution in [-0.2, 0) is 11.2 Å². The summed E-state index contributed by atoms with van der Waals surface area (Å²) < 4.78 is 26.2. The number of hydrogen-bond donors (Lipinski definition) is 1. The smallest absolute Gasteiger partial charge is 0.236 e. The van der Waals surface area contributed by atoms with Crippen LogP contribution in [0.4, 0.5) is 8.78 Å². The van der Waals surface area contributed by atoms with Crippen LogP contribution in [0.3, 0.4) is 0 Å². The SMILES string of the molecule is CN(CCc1ccc(F)cc1F)C(=O)CNC1CC1. The van der Waals surface area contributed by atoms with Gasteiger partial charge in [-0.05, 0) is 30.9 Å². The highest BCUT2D eigenvalue weighted by Crippen LogP contribution is 2.18. The van der Waals surface area contributed by atoms with Gasteiger partial charge in [-0.3, -0.25) is 4.79 Å². The average Bonchev–Trinajstić information content (AvgIpc) is 3.18. The van der Waals surface area contributed by atoms with E-state index >= 15 is 0 Å². The normalized spacial score (nSPS) is 14.5. The first-order valence-electron chi connectivity index (χ1n) is 6.47. The third-order valence-corrected chi connectivity index (χ3v) is 3.28. The molecule has 0 aromatic heterocycles. The molecule has 1 aromatic carbocycles. The number of nitrogens with zero attached hydrogens (tertiary/aromatic N) is 1. The number of hydrogen-bond acceptors (Lipinski definition) is 2. The molecule has 1 aliphatic rings. The minimum atomic E-state index is -0.584. The zero-order chi connectivity index (χ0) is 13.8. The molecule has 0 spiro atoms. The molecule has 0 atom stereocenters. The first-order valence-corrected chi connectivity index (χ1v) is 6.47. The van der Waals surface area contributed by atoms with E-state index in [1.54, 1.807) is 11.9 Å². The molecule has 104 valence electrons. The summed E-state index contributed by atoms with van der Waals surface area (Å²) in [6.45, 7) is 0.751. The molecule has 0 heterocycles. The van der Waals surface area contributed by atoms with Gasteiger partial charge in [0.05, 0.1) is 6.54 Å². The van der Waals surface area contributed by atoms with Gasteiger partial charge in [-0.1, -0.05) is 6.07 Å². The Balaban J connectivity index is 1.78. The Bertz CT molecular complexity index is 461. The fraction of sp³-hybridized carbons (Fsp3) is 0.500. The fourth-order valence-electron chi connectivity index (χ4n) is 1.79. The monoisotopic (exact) mass is 268 g/mol. The van der Waals surface area contributed by atoms with Crippen LogP contribution in [0.5, 0.6) is 0 Å². The quantitative estimate of drug-likeness (QED) is 0.852. The molecule has 0 radical (unpaired) electrons. The lowest BCUT2D eigenvalue weighted by Crippen LogP contribution is -2.37. The number of halogens is 2. The zero-order valence-electron chi connectivity index (χ0n) is 11.0. The molecular formula is C14H18F2N2O. The highest BCUT2D eigenvalue weighted by molar-refractivity contribution is 5.78. The van der Waals surface area contributed by atoms with E-state index < -0.39 is 11.6 Å². The lowest BCUT2D eigenvalue weighted by Gasteiger charge is -2.17. The summed E-state index contributed by atoms with van der Waals surface area (Å²) in [5.74, 6) is -1.15. The van der Waals surface area contributed by atoms with Gasteiger partial charge in [0, 0.05) is 25.7 Å². The summed E-state index contributed by atoms with van der Waals surface area (Å²) in [4.78, 5) is 13.3. The van der Waals surface area contributed by atoms with E-state index in [0.29, 0.717) is 31.1 Å². The van der Waals surface area contributed by atoms with Crippen LogP contribution in [0.25, 0.3) is 0 Å². The summed E-state index contributed by atoms with van der Waals surface area (Å²) in [6.07, 6.45) is 2.66. The topological polar surface area (TPSA) is 32.3 Å². The molecule has 1 aromatic rings. The molecule has 0 saturated heterocycles. The Kier molecular flexibility index (Phi) is 4.47. The van der Waals surface area contributed by atoms with Gasteiger partial charge in [0.15, 0.2) is 0 Å². The van der Waals surface area contributed by atoms with E-state index in [0.717, 1.165) is 18.9 Å². The van der Waals surface area contributed by atoms with Gasteiger partial charge in [-0.15, -0.1) is 0 Å². The van der Waals surface area contributed by atoms with Gasteiger partial charge in [0.1, 0.15) is 11.6 Å². The number of likely N-dealkylation sites (N-methyl/N-ethyl adjacent to an activating group) is 1. The number of carbonyl (C=O) groups is 1. The standard InChI is InChI=1S/C14H18F2N2O/c1-18(14(19)9-17-12-4-5-12)7-6-10-2-3-11(15)8-13(10)16/h2-3,8,12,17H,4-7,9H2,1H3. The number of benzene rings is 1. The maximum absolute atomic E-state index is 13.4. The van der Waals surface area contributed by atoms with Crippen LogP contribution in [-0.4, -0.2) is 37.0 Å². The van der Waals surface area contributed by atoms with E-state index in [1.165, 1.54) is 12.1 Å². The largest absolute Gasteiger partial charge is 0.344 e. The molecule has 1 amide bonds. The summed E-state index contributed by atoms with van der Waals surface area (Å²) >= 11 is 0. The molecule has 1 fully saturated rings. The molecule has 1 saturated carbocycles. The number of rotatable bonds is 6. The maximum atomic E-state index is 13.4. The Hall–Kier alpha value is -1.49. The van der Waals surface area contributed by atoms with Crippen LogP contribution >= 0.6 is 0 Å². The number of carbonyl (C=O) groups excluding carboxylic acids is 1. The van der Waals surface area contributed by atoms with Gasteiger partial charge >= 0.3 is 0 Å². The van der Waals surface area contributed by atoms with Crippen LogP contribution in [0.1, 0.15) is 18.4 Å². The molecule has 1 aliphatic carbocycles. The van der Waals surface area contributed by atoms with Gasteiger partial charge < -0.3 is 10.2 Å². The Labute approximate surface area is 111 Å². The summed E-state index contributed by atoms with van der Waals surface area (Å²) in [7, 11) is 1.69. The molecule has 0 unspecified atom stereocenters. The molecular weight excluding hydrogens is 250 g/mol. The first kappa shape index (κ1) is 13.9. The highest BCUT2D eigenvalue weighted by atomic mass is 19.1. The lowest BCUT2D eigenvalue weighted by atomic mass is 10.1. The van der Waals surface area contributed by atoms with Crippen LogP contribution in [0.2, 0.25) is 0 Å². The molecule has 19 heavy (non-hydrogen) atoms. The second kappa shape index (κ2) is 6.10. The van der Waals surface area contributed by atoms with Crippen molar-refractivity contribution in [2.24, 2.45) is 0 Å². The Morgan fingerprint density at radius 2 is 2.16 bits per heavy atom. The summed E-state index contributed by atoms with van der Waals surface area (Å²) in [5, 5.41) is 3.14. The van der Waals surface area contributed by atoms with Crippen molar-refractivity contribution in [1.82, 2.24) is 10.2 Å². The molecule has 2 rings (SSSR count). The van der Waals surface area contributed by atoms with Crippen LogP contribution in [0, 0.1) is 11.6 Å². The van der Waals surface area contributed by atoms with Crippen molar-refractivity contribution in [3.8, 4) is 0 Å². The minimum absolute atomic E-state index is 0.00517. The maximum Gasteiger partial charge on any atom is 0.236 e. The minimum Gasteiger partial charge on any atom is -0.344 e. The Morgan fingerprint density at radius 3 is 2.79 bits per heavy atom. The molecule has 0 aliphatic heterocycles. The van der Waals surface area contributed by atoms with Crippen molar-refractivity contribution in [2.45, 2.75) is 25.3 Å². The molecule has 0 bridgehead atoms. The van der Waals surface area contributed by atoms with Crippen molar-refractivity contribution in [1.29, 1.82) is 0 Å². The van der Waals surface area contributed by atoms with E-state index in [4.69, 9.17) is 0 Å². The summed E-state index contributed by atoms with van der Waals surface area (Å²) in [5.41, 5.74) is 0.427. The molecule has 5 heteroatoms. The van der Waals surface area contributed by atoms with Crippen molar-refractivity contribution in [2.75, 3.05) is 20.1 Å². The Morgan fingerprint density at radius 1 is 1.42 bits per heavy atom. The van der Waals surface area contributed by atoms with E-state index in [-0.39, 0.29) is 5.91 Å². The van der Waals surface area contributed by atoms with Crippen molar-refractivity contribution < 1.29 is 13.6 Å². The van der Waals surface area contributed by atoms with Crippen LogP contribution in [0.15, 0.2) is 18.2 Å². The van der Waals surface area contributed by atoms with Crippen molar-refractivity contribution >= 4 is 5.91 Å². The van der Waals surface area contributed by atoms with E-state index in [1.807, 2.05) is 0 Å². The average molecular weight is 268 g/mol. The fourth-order valence-corrected chi connectivity index (χ4v) is 1.79. The first-order chi connectivity index (χ1) is 9.06. The highest BCUT2D eigenvalue weighted by Gasteiger charge is 2.22. The third-order valence-electron chi connectivity index (χ3n) is 3.28. The van der Waals surface area contributed by atoms with Gasteiger partial charge in [0.25, 0.3) is 0 Å². The predicted octanol–water partition coefficient (Wildman–Crippen LogP) is 1.72. The number of amides is 1. The predicted molar refractivity (Wildman–Crippen MR) is 68.7 cm³/mol. The lowest BCUT2D eigenvalue weighted by molar-refractivity contribution is -0.128. The van der Waals surface area contributed by atoms with Gasteiger partial charge in [-0.2, -0.15) is 0 Å². The van der Waals surface area contributed by atoms with Gasteiger partial charge in [0.2, 0.25) is 5.91 Å². The van der Waals surface area contributed by atoms with E-state index in [9.17, 15) is 13.6 Å². The zero-order valence-corrected chi connectivity index (χ0v) is 11.0. The summed E-state index contributed by atoms with van der Waals surface area (Å²) in [6, 6.07) is 4.01.